The summed E-state index contributed by atoms with van der Waals surface area (Å²) >= 11 is 17.4. The lowest BCUT2D eigenvalue weighted by molar-refractivity contribution is 0.439. The molecule has 1 unspecified atom stereocenters. The van der Waals surface area contributed by atoms with Gasteiger partial charge in [-0.3, -0.25) is 0 Å². The summed E-state index contributed by atoms with van der Waals surface area (Å²) in [5.74, 6) is 0. The zero-order valence-electron chi connectivity index (χ0n) is 6.15. The lowest BCUT2D eigenvalue weighted by Crippen LogP contribution is -2.30. The van der Waals surface area contributed by atoms with Crippen molar-refractivity contribution in [3.05, 3.63) is 24.3 Å². The minimum Gasteiger partial charge on any atom is -0.0835 e. The molecule has 0 amide bonds. The van der Waals surface area contributed by atoms with Crippen molar-refractivity contribution >= 4 is 34.8 Å². The summed E-state index contributed by atoms with van der Waals surface area (Å²) in [4.78, 5) is 0. The van der Waals surface area contributed by atoms with E-state index in [9.17, 15) is 0 Å². The highest BCUT2D eigenvalue weighted by Crippen LogP contribution is 2.48. The highest BCUT2D eigenvalue weighted by molar-refractivity contribution is 6.68. The van der Waals surface area contributed by atoms with Crippen molar-refractivity contribution in [1.82, 2.24) is 0 Å². The zero-order chi connectivity index (χ0) is 8.54. The number of halogens is 3. The van der Waals surface area contributed by atoms with Crippen LogP contribution in [-0.4, -0.2) is 3.79 Å². The maximum absolute atomic E-state index is 5.80. The van der Waals surface area contributed by atoms with Crippen LogP contribution in [0.1, 0.15) is 13.3 Å². The number of hydrogen-bond donors (Lipinski definition) is 0. The highest BCUT2D eigenvalue weighted by Gasteiger charge is 2.41. The molecule has 11 heavy (non-hydrogen) atoms. The van der Waals surface area contributed by atoms with Crippen LogP contribution in [-0.2, 0) is 0 Å². The summed E-state index contributed by atoms with van der Waals surface area (Å²) < 4.78 is -1.21. The van der Waals surface area contributed by atoms with Gasteiger partial charge in [-0.15, -0.1) is 0 Å². The minimum atomic E-state index is -1.21. The smallest absolute Gasteiger partial charge is 0.0835 e. The summed E-state index contributed by atoms with van der Waals surface area (Å²) in [5, 5.41) is 0. The van der Waals surface area contributed by atoms with Crippen molar-refractivity contribution < 1.29 is 0 Å². The van der Waals surface area contributed by atoms with Crippen molar-refractivity contribution in [3.63, 3.8) is 0 Å². The van der Waals surface area contributed by atoms with Crippen LogP contribution in [0.5, 0.6) is 0 Å². The van der Waals surface area contributed by atoms with Crippen molar-refractivity contribution in [2.45, 2.75) is 17.1 Å². The molecule has 0 N–H and O–H groups in total. The van der Waals surface area contributed by atoms with Gasteiger partial charge in [0.25, 0.3) is 0 Å². The van der Waals surface area contributed by atoms with Crippen LogP contribution in [0.3, 0.4) is 0 Å². The third kappa shape index (κ3) is 1.93. The van der Waals surface area contributed by atoms with E-state index in [-0.39, 0.29) is 5.41 Å². The molecule has 0 aromatic heterocycles. The lowest BCUT2D eigenvalue weighted by atomic mass is 9.85. The molecule has 0 saturated heterocycles. The summed E-state index contributed by atoms with van der Waals surface area (Å²) in [6.07, 6.45) is 8.57. The fraction of sp³-hybridized carbons (Fsp3) is 0.500. The van der Waals surface area contributed by atoms with Gasteiger partial charge in [0.15, 0.2) is 3.79 Å². The summed E-state index contributed by atoms with van der Waals surface area (Å²) in [6.45, 7) is 1.93. The Labute approximate surface area is 81.8 Å². The molecule has 0 aromatic rings. The number of rotatable bonds is 0. The molecule has 0 aliphatic heterocycles. The Kier molecular flexibility index (Phi) is 2.58. The normalized spacial score (nSPS) is 30.9. The number of allylic oxidation sites excluding steroid dienone is 4. The van der Waals surface area contributed by atoms with Crippen molar-refractivity contribution in [1.29, 1.82) is 0 Å². The molecule has 0 fully saturated rings. The molecule has 1 rings (SSSR count). The van der Waals surface area contributed by atoms with Gasteiger partial charge in [0.2, 0.25) is 0 Å². The van der Waals surface area contributed by atoms with Gasteiger partial charge in [-0.2, -0.15) is 0 Å². The monoisotopic (exact) mass is 210 g/mol. The molecule has 0 spiro atoms. The van der Waals surface area contributed by atoms with E-state index in [1.165, 1.54) is 0 Å². The highest BCUT2D eigenvalue weighted by atomic mass is 35.6. The van der Waals surface area contributed by atoms with Gasteiger partial charge >= 0.3 is 0 Å². The van der Waals surface area contributed by atoms with Crippen LogP contribution in [0.15, 0.2) is 24.3 Å². The Morgan fingerprint density at radius 3 is 2.18 bits per heavy atom. The summed E-state index contributed by atoms with van der Waals surface area (Å²) in [7, 11) is 0. The van der Waals surface area contributed by atoms with E-state index in [0.717, 1.165) is 6.42 Å². The number of hydrogen-bond acceptors (Lipinski definition) is 0. The lowest BCUT2D eigenvalue weighted by Gasteiger charge is -2.33. The van der Waals surface area contributed by atoms with Gasteiger partial charge in [-0.05, 0) is 6.42 Å². The first-order valence-corrected chi connectivity index (χ1v) is 4.50. The maximum Gasteiger partial charge on any atom is 0.199 e. The molecule has 0 heterocycles. The average Bonchev–Trinajstić information content (AvgIpc) is 1.87. The first kappa shape index (κ1) is 9.44. The van der Waals surface area contributed by atoms with E-state index in [4.69, 9.17) is 34.8 Å². The molecule has 1 aliphatic carbocycles. The quantitative estimate of drug-likeness (QED) is 0.534. The Morgan fingerprint density at radius 2 is 1.91 bits per heavy atom. The van der Waals surface area contributed by atoms with Gasteiger partial charge in [-0.1, -0.05) is 66.0 Å². The Bertz CT molecular complexity index is 200. The topological polar surface area (TPSA) is 0 Å². The van der Waals surface area contributed by atoms with Gasteiger partial charge in [0.1, 0.15) is 0 Å². The Hall–Kier alpha value is 0.350. The van der Waals surface area contributed by atoms with Crippen molar-refractivity contribution in [2.24, 2.45) is 5.41 Å². The first-order chi connectivity index (χ1) is 4.96. The third-order valence-corrected chi connectivity index (χ3v) is 3.20. The zero-order valence-corrected chi connectivity index (χ0v) is 8.42. The molecule has 0 saturated carbocycles. The van der Waals surface area contributed by atoms with Crippen LogP contribution >= 0.6 is 34.8 Å². The van der Waals surface area contributed by atoms with E-state index < -0.39 is 3.79 Å². The molecule has 0 nitrogen and oxygen atoms in total. The van der Waals surface area contributed by atoms with E-state index in [1.54, 1.807) is 0 Å². The Balaban J connectivity index is 2.84. The maximum atomic E-state index is 5.80. The second-order valence-electron chi connectivity index (χ2n) is 2.91. The largest absolute Gasteiger partial charge is 0.199 e. The number of alkyl halides is 3. The molecule has 3 heteroatoms. The third-order valence-electron chi connectivity index (χ3n) is 1.90. The van der Waals surface area contributed by atoms with Crippen molar-refractivity contribution in [2.75, 3.05) is 0 Å². The van der Waals surface area contributed by atoms with Gasteiger partial charge in [-0.25, -0.2) is 0 Å². The van der Waals surface area contributed by atoms with Gasteiger partial charge < -0.3 is 0 Å². The summed E-state index contributed by atoms with van der Waals surface area (Å²) in [6, 6.07) is 0. The molecule has 0 bridgehead atoms. The van der Waals surface area contributed by atoms with Gasteiger partial charge in [0.05, 0.1) is 0 Å². The fourth-order valence-electron chi connectivity index (χ4n) is 0.938. The predicted octanol–water partition coefficient (Wildman–Crippen LogP) is 3.88. The van der Waals surface area contributed by atoms with Crippen LogP contribution in [0, 0.1) is 5.41 Å². The van der Waals surface area contributed by atoms with Crippen LogP contribution < -0.4 is 0 Å². The minimum absolute atomic E-state index is 0.355. The van der Waals surface area contributed by atoms with Crippen LogP contribution in [0.2, 0.25) is 0 Å². The SMILES string of the molecule is CC1(C(Cl)(Cl)Cl)C=CC=CC1. The molecule has 0 radical (unpaired) electrons. The molecule has 0 aromatic carbocycles. The Morgan fingerprint density at radius 1 is 1.27 bits per heavy atom. The molecular formula is C8H9Cl3. The second-order valence-corrected chi connectivity index (χ2v) is 5.19. The van der Waals surface area contributed by atoms with E-state index in [2.05, 4.69) is 0 Å². The van der Waals surface area contributed by atoms with E-state index in [1.807, 2.05) is 31.2 Å². The standard InChI is InChI=1S/C8H9Cl3/c1-7(8(9,10)11)5-3-2-4-6-7/h2-5H,6H2,1H3. The molecule has 1 atom stereocenters. The second kappa shape index (κ2) is 3.01. The van der Waals surface area contributed by atoms with Crippen molar-refractivity contribution in [3.8, 4) is 0 Å². The van der Waals surface area contributed by atoms with E-state index in [0.29, 0.717) is 0 Å². The molecule has 62 valence electrons. The predicted molar refractivity (Wildman–Crippen MR) is 51.3 cm³/mol. The van der Waals surface area contributed by atoms with Crippen LogP contribution in [0.25, 0.3) is 0 Å². The average molecular weight is 212 g/mol. The first-order valence-electron chi connectivity index (χ1n) is 3.37. The van der Waals surface area contributed by atoms with Crippen LogP contribution in [0.4, 0.5) is 0 Å². The molecular weight excluding hydrogens is 202 g/mol. The summed E-state index contributed by atoms with van der Waals surface area (Å²) in [5.41, 5.74) is -0.355. The van der Waals surface area contributed by atoms with Gasteiger partial charge in [0, 0.05) is 5.41 Å². The molecule has 1 aliphatic rings. The van der Waals surface area contributed by atoms with E-state index >= 15 is 0 Å². The fourth-order valence-corrected chi connectivity index (χ4v) is 1.36.